The van der Waals surface area contributed by atoms with Gasteiger partial charge in [0.1, 0.15) is 11.9 Å². The van der Waals surface area contributed by atoms with Gasteiger partial charge in [0.05, 0.1) is 19.3 Å². The minimum Gasteiger partial charge on any atom is -0.496 e. The minimum absolute atomic E-state index is 0.0123. The highest BCUT2D eigenvalue weighted by Gasteiger charge is 2.28. The Labute approximate surface area is 114 Å². The molecule has 4 heteroatoms. The molecule has 1 fully saturated rings. The first-order chi connectivity index (χ1) is 9.26. The Kier molecular flexibility index (Phi) is 4.93. The van der Waals surface area contributed by atoms with Crippen molar-refractivity contribution in [3.05, 3.63) is 29.8 Å². The van der Waals surface area contributed by atoms with Crippen LogP contribution in [0, 0.1) is 0 Å². The van der Waals surface area contributed by atoms with Crippen molar-refractivity contribution in [3.63, 3.8) is 0 Å². The van der Waals surface area contributed by atoms with E-state index >= 15 is 0 Å². The summed E-state index contributed by atoms with van der Waals surface area (Å²) in [6, 6.07) is 7.31. The van der Waals surface area contributed by atoms with Gasteiger partial charge in [-0.05, 0) is 25.1 Å². The van der Waals surface area contributed by atoms with E-state index < -0.39 is 0 Å². The maximum Gasteiger partial charge on any atom is 0.196 e. The lowest BCUT2D eigenvalue weighted by atomic mass is 10.0. The summed E-state index contributed by atoms with van der Waals surface area (Å²) in [7, 11) is 1.58. The fourth-order valence-electron chi connectivity index (χ4n) is 2.40. The van der Waals surface area contributed by atoms with Crippen LogP contribution in [-0.2, 0) is 4.74 Å². The zero-order chi connectivity index (χ0) is 13.7. The summed E-state index contributed by atoms with van der Waals surface area (Å²) in [6.45, 7) is 5.35. The Morgan fingerprint density at radius 1 is 1.47 bits per heavy atom. The number of hydrogen-bond donors (Lipinski definition) is 0. The maximum absolute atomic E-state index is 12.5. The number of carbonyl (C=O) groups excluding carboxylic acids is 1. The number of nitrogens with zero attached hydrogens (tertiary/aromatic N) is 1. The number of hydrogen-bond acceptors (Lipinski definition) is 4. The number of carbonyl (C=O) groups is 1. The van der Waals surface area contributed by atoms with Gasteiger partial charge in [0.25, 0.3) is 0 Å². The van der Waals surface area contributed by atoms with Gasteiger partial charge in [-0.3, -0.25) is 9.69 Å². The van der Waals surface area contributed by atoms with Crippen molar-refractivity contribution in [3.8, 4) is 5.75 Å². The molecule has 0 spiro atoms. The fraction of sp³-hybridized carbons (Fsp3) is 0.533. The molecule has 104 valence electrons. The fourth-order valence-corrected chi connectivity index (χ4v) is 2.40. The molecule has 0 N–H and O–H groups in total. The number of ketones is 1. The van der Waals surface area contributed by atoms with Crippen LogP contribution in [0.1, 0.15) is 23.7 Å². The van der Waals surface area contributed by atoms with E-state index in [1.807, 2.05) is 12.1 Å². The van der Waals surface area contributed by atoms with Crippen LogP contribution in [0.4, 0.5) is 0 Å². The van der Waals surface area contributed by atoms with Gasteiger partial charge in [-0.1, -0.05) is 19.1 Å². The van der Waals surface area contributed by atoms with Crippen LogP contribution in [0.5, 0.6) is 5.75 Å². The molecule has 0 aliphatic carbocycles. The second-order valence-corrected chi connectivity index (χ2v) is 4.72. The molecular weight excluding hydrogens is 242 g/mol. The number of methoxy groups -OCH3 is 1. The molecule has 0 saturated carbocycles. The van der Waals surface area contributed by atoms with Gasteiger partial charge in [0.15, 0.2) is 5.78 Å². The molecule has 0 bridgehead atoms. The highest BCUT2D eigenvalue weighted by Crippen LogP contribution is 2.21. The van der Waals surface area contributed by atoms with Crippen LogP contribution in [-0.4, -0.2) is 50.1 Å². The number of rotatable bonds is 5. The molecule has 19 heavy (non-hydrogen) atoms. The van der Waals surface area contributed by atoms with Crippen LogP contribution in [0.15, 0.2) is 24.3 Å². The Morgan fingerprint density at radius 2 is 2.26 bits per heavy atom. The number of Topliss-reactive ketones (excluding diaryl/α,β-unsaturated/α-hetero) is 1. The van der Waals surface area contributed by atoms with Crippen molar-refractivity contribution < 1.29 is 14.3 Å². The molecule has 1 atom stereocenters. The topological polar surface area (TPSA) is 38.8 Å². The van der Waals surface area contributed by atoms with E-state index in [0.29, 0.717) is 24.5 Å². The number of benzene rings is 1. The molecule has 0 aromatic heterocycles. The van der Waals surface area contributed by atoms with Gasteiger partial charge in [-0.25, -0.2) is 0 Å². The summed E-state index contributed by atoms with van der Waals surface area (Å²) in [5, 5.41) is 0. The molecule has 2 rings (SSSR count). The van der Waals surface area contributed by atoms with E-state index in [1.54, 1.807) is 19.2 Å². The molecule has 1 aliphatic heterocycles. The van der Waals surface area contributed by atoms with Crippen LogP contribution >= 0.6 is 0 Å². The van der Waals surface area contributed by atoms with Gasteiger partial charge in [-0.2, -0.15) is 0 Å². The largest absolute Gasteiger partial charge is 0.496 e. The smallest absolute Gasteiger partial charge is 0.196 e. The van der Waals surface area contributed by atoms with Crippen LogP contribution in [0.25, 0.3) is 0 Å². The summed E-state index contributed by atoms with van der Waals surface area (Å²) >= 11 is 0. The first-order valence-electron chi connectivity index (χ1n) is 6.77. The molecule has 1 saturated heterocycles. The molecule has 4 nitrogen and oxygen atoms in total. The van der Waals surface area contributed by atoms with Crippen molar-refractivity contribution in [2.24, 2.45) is 0 Å². The van der Waals surface area contributed by atoms with Gasteiger partial charge in [0.2, 0.25) is 0 Å². The standard InChI is InChI=1S/C15H21NO3/c1-3-8-16-9-10-19-14(11-16)15(17)12-6-4-5-7-13(12)18-2/h4-7,14H,3,8-11H2,1-2H3. The van der Waals surface area contributed by atoms with E-state index in [1.165, 1.54) is 0 Å². The lowest BCUT2D eigenvalue weighted by Crippen LogP contribution is -2.46. The monoisotopic (exact) mass is 263 g/mol. The lowest BCUT2D eigenvalue weighted by Gasteiger charge is -2.32. The summed E-state index contributed by atoms with van der Waals surface area (Å²) in [4.78, 5) is 14.8. The second kappa shape index (κ2) is 6.68. The van der Waals surface area contributed by atoms with Crippen molar-refractivity contribution in [2.75, 3.05) is 33.4 Å². The minimum atomic E-state index is -0.378. The van der Waals surface area contributed by atoms with Gasteiger partial charge >= 0.3 is 0 Å². The van der Waals surface area contributed by atoms with Crippen molar-refractivity contribution in [1.29, 1.82) is 0 Å². The summed E-state index contributed by atoms with van der Waals surface area (Å²) in [5.41, 5.74) is 0.605. The Hall–Kier alpha value is -1.39. The molecule has 1 heterocycles. The van der Waals surface area contributed by atoms with Crippen molar-refractivity contribution in [1.82, 2.24) is 4.90 Å². The molecule has 0 radical (unpaired) electrons. The average Bonchev–Trinajstić information content (AvgIpc) is 2.47. The van der Waals surface area contributed by atoms with Gasteiger partial charge in [-0.15, -0.1) is 0 Å². The van der Waals surface area contributed by atoms with Crippen LogP contribution in [0.3, 0.4) is 0 Å². The second-order valence-electron chi connectivity index (χ2n) is 4.72. The summed E-state index contributed by atoms with van der Waals surface area (Å²) < 4.78 is 10.9. The molecule has 1 aromatic carbocycles. The third kappa shape index (κ3) is 3.33. The highest BCUT2D eigenvalue weighted by molar-refractivity contribution is 6.02. The average molecular weight is 263 g/mol. The van der Waals surface area contributed by atoms with E-state index in [4.69, 9.17) is 9.47 Å². The highest BCUT2D eigenvalue weighted by atomic mass is 16.5. The van der Waals surface area contributed by atoms with Crippen molar-refractivity contribution in [2.45, 2.75) is 19.4 Å². The molecule has 1 unspecified atom stereocenters. The predicted molar refractivity (Wildman–Crippen MR) is 73.8 cm³/mol. The third-order valence-electron chi connectivity index (χ3n) is 3.36. The normalized spacial score (nSPS) is 20.2. The lowest BCUT2D eigenvalue weighted by molar-refractivity contribution is -0.0164. The SMILES string of the molecule is CCCN1CCOC(C(=O)c2ccccc2OC)C1. The number of para-hydroxylation sites is 1. The molecule has 1 aliphatic rings. The third-order valence-corrected chi connectivity index (χ3v) is 3.36. The number of ether oxygens (including phenoxy) is 2. The van der Waals surface area contributed by atoms with E-state index in [9.17, 15) is 4.79 Å². The quantitative estimate of drug-likeness (QED) is 0.762. The number of morpholine rings is 1. The Morgan fingerprint density at radius 3 is 3.00 bits per heavy atom. The predicted octanol–water partition coefficient (Wildman–Crippen LogP) is 1.99. The van der Waals surface area contributed by atoms with E-state index in [2.05, 4.69) is 11.8 Å². The first kappa shape index (κ1) is 14.0. The van der Waals surface area contributed by atoms with E-state index in [-0.39, 0.29) is 11.9 Å². The molecular formula is C15H21NO3. The van der Waals surface area contributed by atoms with Crippen LogP contribution in [0.2, 0.25) is 0 Å². The van der Waals surface area contributed by atoms with Gasteiger partial charge < -0.3 is 9.47 Å². The molecule has 1 aromatic rings. The van der Waals surface area contributed by atoms with Gasteiger partial charge in [0, 0.05) is 13.1 Å². The zero-order valence-electron chi connectivity index (χ0n) is 11.6. The van der Waals surface area contributed by atoms with Crippen molar-refractivity contribution >= 4 is 5.78 Å². The zero-order valence-corrected chi connectivity index (χ0v) is 11.6. The Balaban J connectivity index is 2.10. The van der Waals surface area contributed by atoms with E-state index in [0.717, 1.165) is 19.5 Å². The Bertz CT molecular complexity index is 431. The maximum atomic E-state index is 12.5. The first-order valence-corrected chi connectivity index (χ1v) is 6.77. The molecule has 0 amide bonds. The summed E-state index contributed by atoms with van der Waals surface area (Å²) in [6.07, 6.45) is 0.715. The summed E-state index contributed by atoms with van der Waals surface area (Å²) in [5.74, 6) is 0.627. The van der Waals surface area contributed by atoms with Crippen LogP contribution < -0.4 is 4.74 Å².